The van der Waals surface area contributed by atoms with E-state index in [0.29, 0.717) is 22.8 Å². The Kier molecular flexibility index (Phi) is 4.12. The molecule has 1 unspecified atom stereocenters. The predicted octanol–water partition coefficient (Wildman–Crippen LogP) is 1.97. The molecule has 0 spiro atoms. The predicted molar refractivity (Wildman–Crippen MR) is 77.7 cm³/mol. The first-order chi connectivity index (χ1) is 9.51. The maximum atomic E-state index is 12.0. The molecule has 2 amide bonds. The maximum absolute atomic E-state index is 12.0. The standard InChI is InChI=1S/C14H19N3O3/c1-3-4-8(2)14(19)17-10-6-11-12(5-9(10)15)20-7-13(18)16-11/h5-6,8H,3-4,7,15H2,1-2H3,(H,16,18)(H,17,19). The number of nitrogens with two attached hydrogens (primary N) is 1. The molecule has 1 aromatic rings. The zero-order valence-corrected chi connectivity index (χ0v) is 11.7. The minimum Gasteiger partial charge on any atom is -0.482 e. The fraction of sp³-hybridized carbons (Fsp3) is 0.429. The third-order valence-electron chi connectivity index (χ3n) is 3.21. The van der Waals surface area contributed by atoms with E-state index in [1.807, 2.05) is 13.8 Å². The summed E-state index contributed by atoms with van der Waals surface area (Å²) in [7, 11) is 0. The number of rotatable bonds is 4. The van der Waals surface area contributed by atoms with Gasteiger partial charge in [-0.3, -0.25) is 9.59 Å². The van der Waals surface area contributed by atoms with Gasteiger partial charge in [0, 0.05) is 12.0 Å². The van der Waals surface area contributed by atoms with Gasteiger partial charge in [0.25, 0.3) is 5.91 Å². The van der Waals surface area contributed by atoms with Gasteiger partial charge < -0.3 is 21.1 Å². The van der Waals surface area contributed by atoms with Crippen molar-refractivity contribution >= 4 is 28.9 Å². The Morgan fingerprint density at radius 3 is 3.00 bits per heavy atom. The van der Waals surface area contributed by atoms with E-state index in [0.717, 1.165) is 12.8 Å². The number of hydrogen-bond acceptors (Lipinski definition) is 4. The molecular weight excluding hydrogens is 258 g/mol. The molecular formula is C14H19N3O3. The number of carbonyl (C=O) groups is 2. The highest BCUT2D eigenvalue weighted by molar-refractivity contribution is 6.00. The van der Waals surface area contributed by atoms with Crippen LogP contribution in [0.15, 0.2) is 12.1 Å². The molecule has 108 valence electrons. The molecule has 4 N–H and O–H groups in total. The van der Waals surface area contributed by atoms with Gasteiger partial charge in [0.05, 0.1) is 17.1 Å². The van der Waals surface area contributed by atoms with Crippen molar-refractivity contribution in [2.45, 2.75) is 26.7 Å². The van der Waals surface area contributed by atoms with Crippen LogP contribution in [-0.4, -0.2) is 18.4 Å². The van der Waals surface area contributed by atoms with Gasteiger partial charge in [-0.1, -0.05) is 20.3 Å². The Bertz CT molecular complexity index is 543. The van der Waals surface area contributed by atoms with Gasteiger partial charge in [0.1, 0.15) is 5.75 Å². The zero-order chi connectivity index (χ0) is 14.7. The Morgan fingerprint density at radius 2 is 2.30 bits per heavy atom. The van der Waals surface area contributed by atoms with Crippen LogP contribution in [0.25, 0.3) is 0 Å². The Morgan fingerprint density at radius 1 is 1.55 bits per heavy atom. The number of fused-ring (bicyclic) bond motifs is 1. The minimum absolute atomic E-state index is 0.0221. The van der Waals surface area contributed by atoms with Crippen molar-refractivity contribution in [3.05, 3.63) is 12.1 Å². The Balaban J connectivity index is 2.18. The second-order valence-electron chi connectivity index (χ2n) is 4.95. The Labute approximate surface area is 117 Å². The van der Waals surface area contributed by atoms with Crippen molar-refractivity contribution in [1.82, 2.24) is 0 Å². The van der Waals surface area contributed by atoms with E-state index >= 15 is 0 Å². The summed E-state index contributed by atoms with van der Waals surface area (Å²) >= 11 is 0. The van der Waals surface area contributed by atoms with Crippen molar-refractivity contribution in [1.29, 1.82) is 0 Å². The summed E-state index contributed by atoms with van der Waals surface area (Å²) in [5.74, 6) is 0.128. The van der Waals surface area contributed by atoms with Crippen molar-refractivity contribution in [3.8, 4) is 5.75 Å². The smallest absolute Gasteiger partial charge is 0.262 e. The summed E-state index contributed by atoms with van der Waals surface area (Å²) in [4.78, 5) is 23.3. The van der Waals surface area contributed by atoms with E-state index in [-0.39, 0.29) is 24.3 Å². The first-order valence-corrected chi connectivity index (χ1v) is 6.68. The SMILES string of the molecule is CCCC(C)C(=O)Nc1cc2c(cc1N)OCC(=O)N2. The minimum atomic E-state index is -0.223. The first kappa shape index (κ1) is 14.2. The number of ether oxygens (including phenoxy) is 1. The number of nitrogens with one attached hydrogen (secondary N) is 2. The van der Waals surface area contributed by atoms with Crippen LogP contribution in [0.4, 0.5) is 17.1 Å². The molecule has 1 aliphatic heterocycles. The molecule has 6 nitrogen and oxygen atoms in total. The number of anilines is 3. The first-order valence-electron chi connectivity index (χ1n) is 6.68. The lowest BCUT2D eigenvalue weighted by Crippen LogP contribution is -2.26. The molecule has 1 heterocycles. The molecule has 2 rings (SSSR count). The number of carbonyl (C=O) groups excluding carboxylic acids is 2. The van der Waals surface area contributed by atoms with E-state index in [9.17, 15) is 9.59 Å². The summed E-state index contributed by atoms with van der Waals surface area (Å²) in [5.41, 5.74) is 7.32. The van der Waals surface area contributed by atoms with Crippen LogP contribution in [0.2, 0.25) is 0 Å². The second-order valence-corrected chi connectivity index (χ2v) is 4.95. The molecule has 0 saturated heterocycles. The average molecular weight is 277 g/mol. The van der Waals surface area contributed by atoms with Crippen LogP contribution in [0, 0.1) is 5.92 Å². The summed E-state index contributed by atoms with van der Waals surface area (Å²) in [6.07, 6.45) is 1.76. The van der Waals surface area contributed by atoms with Crippen LogP contribution in [0.3, 0.4) is 0 Å². The molecule has 0 saturated carbocycles. The van der Waals surface area contributed by atoms with E-state index in [1.54, 1.807) is 12.1 Å². The number of amides is 2. The van der Waals surface area contributed by atoms with Crippen molar-refractivity contribution in [2.75, 3.05) is 23.0 Å². The maximum Gasteiger partial charge on any atom is 0.262 e. The number of nitrogen functional groups attached to an aromatic ring is 1. The van der Waals surface area contributed by atoms with Crippen LogP contribution in [0.1, 0.15) is 26.7 Å². The topological polar surface area (TPSA) is 93.5 Å². The van der Waals surface area contributed by atoms with E-state index in [1.165, 1.54) is 0 Å². The van der Waals surface area contributed by atoms with Gasteiger partial charge >= 0.3 is 0 Å². The lowest BCUT2D eigenvalue weighted by molar-refractivity contribution is -0.119. The average Bonchev–Trinajstić information content (AvgIpc) is 2.40. The van der Waals surface area contributed by atoms with Crippen LogP contribution in [-0.2, 0) is 9.59 Å². The molecule has 1 aromatic carbocycles. The molecule has 0 radical (unpaired) electrons. The van der Waals surface area contributed by atoms with Gasteiger partial charge in [-0.2, -0.15) is 0 Å². The third-order valence-corrected chi connectivity index (χ3v) is 3.21. The highest BCUT2D eigenvalue weighted by Crippen LogP contribution is 2.35. The summed E-state index contributed by atoms with van der Waals surface area (Å²) in [5, 5.41) is 5.47. The lowest BCUT2D eigenvalue weighted by Gasteiger charge is -2.20. The molecule has 1 aliphatic rings. The third kappa shape index (κ3) is 3.01. The van der Waals surface area contributed by atoms with Gasteiger partial charge in [0.2, 0.25) is 5.91 Å². The Hall–Kier alpha value is -2.24. The van der Waals surface area contributed by atoms with E-state index in [4.69, 9.17) is 10.5 Å². The molecule has 0 bridgehead atoms. The summed E-state index contributed by atoms with van der Waals surface area (Å²) < 4.78 is 5.26. The number of hydrogen-bond donors (Lipinski definition) is 3. The van der Waals surface area contributed by atoms with E-state index in [2.05, 4.69) is 10.6 Å². The number of benzene rings is 1. The van der Waals surface area contributed by atoms with Crippen molar-refractivity contribution in [2.24, 2.45) is 5.92 Å². The van der Waals surface area contributed by atoms with Gasteiger partial charge in [-0.05, 0) is 12.5 Å². The highest BCUT2D eigenvalue weighted by Gasteiger charge is 2.19. The van der Waals surface area contributed by atoms with E-state index < -0.39 is 0 Å². The second kappa shape index (κ2) is 5.81. The summed E-state index contributed by atoms with van der Waals surface area (Å²) in [6, 6.07) is 3.23. The van der Waals surface area contributed by atoms with Crippen molar-refractivity contribution in [3.63, 3.8) is 0 Å². The monoisotopic (exact) mass is 277 g/mol. The highest BCUT2D eigenvalue weighted by atomic mass is 16.5. The molecule has 0 aromatic heterocycles. The fourth-order valence-corrected chi connectivity index (χ4v) is 2.07. The molecule has 20 heavy (non-hydrogen) atoms. The lowest BCUT2D eigenvalue weighted by atomic mass is 10.1. The molecule has 1 atom stereocenters. The van der Waals surface area contributed by atoms with Gasteiger partial charge in [-0.15, -0.1) is 0 Å². The largest absolute Gasteiger partial charge is 0.482 e. The summed E-state index contributed by atoms with van der Waals surface area (Å²) in [6.45, 7) is 3.88. The molecule has 6 heteroatoms. The fourth-order valence-electron chi connectivity index (χ4n) is 2.07. The quantitative estimate of drug-likeness (QED) is 0.733. The molecule has 0 aliphatic carbocycles. The normalized spacial score (nSPS) is 14.8. The zero-order valence-electron chi connectivity index (χ0n) is 11.7. The van der Waals surface area contributed by atoms with Crippen molar-refractivity contribution < 1.29 is 14.3 Å². The molecule has 0 fully saturated rings. The van der Waals surface area contributed by atoms with Gasteiger partial charge in [0.15, 0.2) is 6.61 Å². The van der Waals surface area contributed by atoms with Crippen LogP contribution < -0.4 is 21.1 Å². The van der Waals surface area contributed by atoms with Crippen LogP contribution in [0.5, 0.6) is 5.75 Å². The van der Waals surface area contributed by atoms with Gasteiger partial charge in [-0.25, -0.2) is 0 Å². The van der Waals surface area contributed by atoms with Crippen LogP contribution >= 0.6 is 0 Å².